The van der Waals surface area contributed by atoms with Crippen LogP contribution in [0.4, 0.5) is 5.82 Å². The van der Waals surface area contributed by atoms with E-state index in [1.54, 1.807) is 35.1 Å². The zero-order valence-electron chi connectivity index (χ0n) is 17.6. The molecule has 4 aromatic rings. The van der Waals surface area contributed by atoms with Gasteiger partial charge < -0.3 is 9.47 Å². The molecule has 10 heteroatoms. The minimum Gasteiger partial charge on any atom is -0.354 e. The van der Waals surface area contributed by atoms with E-state index in [1.165, 1.54) is 4.31 Å². The lowest BCUT2D eigenvalue weighted by Crippen LogP contribution is -2.49. The van der Waals surface area contributed by atoms with Crippen molar-refractivity contribution in [3.05, 3.63) is 79.1 Å². The molecule has 9 nitrogen and oxygen atoms in total. The van der Waals surface area contributed by atoms with E-state index in [0.29, 0.717) is 32.0 Å². The van der Waals surface area contributed by atoms with Gasteiger partial charge in [0, 0.05) is 57.0 Å². The van der Waals surface area contributed by atoms with Crippen LogP contribution in [-0.4, -0.2) is 63.2 Å². The van der Waals surface area contributed by atoms with Crippen LogP contribution in [0.25, 0.3) is 11.5 Å². The Morgan fingerprint density at radius 1 is 0.844 bits per heavy atom. The Bertz CT molecular complexity index is 1290. The Morgan fingerprint density at radius 2 is 1.53 bits per heavy atom. The molecule has 164 valence electrons. The topological polar surface area (TPSA) is 89.2 Å². The molecular weight excluding hydrogens is 426 g/mol. The molecule has 0 N–H and O–H groups in total. The van der Waals surface area contributed by atoms with Gasteiger partial charge in [0.1, 0.15) is 17.5 Å². The number of piperazine rings is 1. The van der Waals surface area contributed by atoms with Crippen molar-refractivity contribution < 1.29 is 8.42 Å². The van der Waals surface area contributed by atoms with Gasteiger partial charge >= 0.3 is 0 Å². The van der Waals surface area contributed by atoms with E-state index in [2.05, 4.69) is 20.0 Å². The minimum absolute atomic E-state index is 0.287. The van der Waals surface area contributed by atoms with Gasteiger partial charge in [0.15, 0.2) is 0 Å². The molecule has 0 atom stereocenters. The maximum atomic E-state index is 13.1. The second-order valence-electron chi connectivity index (χ2n) is 7.56. The van der Waals surface area contributed by atoms with Gasteiger partial charge in [0.25, 0.3) is 0 Å². The summed E-state index contributed by atoms with van der Waals surface area (Å²) < 4.78 is 31.5. The van der Waals surface area contributed by atoms with Gasteiger partial charge in [0.05, 0.1) is 10.6 Å². The summed E-state index contributed by atoms with van der Waals surface area (Å²) in [4.78, 5) is 11.5. The van der Waals surface area contributed by atoms with Crippen LogP contribution in [0.5, 0.6) is 0 Å². The monoisotopic (exact) mass is 449 g/mol. The number of anilines is 1. The molecule has 1 aromatic carbocycles. The molecule has 1 fully saturated rings. The van der Waals surface area contributed by atoms with Gasteiger partial charge in [-0.15, -0.1) is 0 Å². The second kappa shape index (κ2) is 8.21. The zero-order valence-corrected chi connectivity index (χ0v) is 18.4. The van der Waals surface area contributed by atoms with Gasteiger partial charge in [-0.2, -0.15) is 9.40 Å². The summed E-state index contributed by atoms with van der Waals surface area (Å²) in [7, 11) is -3.56. The first-order valence-electron chi connectivity index (χ1n) is 10.3. The number of sulfonamides is 1. The molecule has 0 aliphatic carbocycles. The summed E-state index contributed by atoms with van der Waals surface area (Å²) >= 11 is 0. The van der Waals surface area contributed by atoms with E-state index in [9.17, 15) is 8.42 Å². The van der Waals surface area contributed by atoms with Crippen LogP contribution >= 0.6 is 0 Å². The second-order valence-corrected chi connectivity index (χ2v) is 9.50. The molecule has 0 radical (unpaired) electrons. The van der Waals surface area contributed by atoms with Gasteiger partial charge in [-0.05, 0) is 49.4 Å². The molecule has 4 heterocycles. The molecule has 1 aliphatic heterocycles. The molecule has 0 bridgehead atoms. The first-order valence-corrected chi connectivity index (χ1v) is 11.8. The minimum atomic E-state index is -3.56. The number of hydrogen-bond acceptors (Lipinski definition) is 6. The van der Waals surface area contributed by atoms with Crippen LogP contribution < -0.4 is 4.90 Å². The van der Waals surface area contributed by atoms with Crippen molar-refractivity contribution in [3.63, 3.8) is 0 Å². The van der Waals surface area contributed by atoms with Crippen molar-refractivity contribution in [2.45, 2.75) is 11.8 Å². The lowest BCUT2D eigenvalue weighted by molar-refractivity contribution is 0.383. The van der Waals surface area contributed by atoms with Crippen molar-refractivity contribution in [2.24, 2.45) is 0 Å². The maximum absolute atomic E-state index is 13.1. The summed E-state index contributed by atoms with van der Waals surface area (Å²) in [6.07, 6.45) is 7.38. The standard InChI is InChI=1S/C22H23N7O2S/c1-18-24-21(26-10-2-3-11-26)17-22(25-18)27-13-15-28(16-14-27)32(30,31)20-7-5-19(6-8-20)29-12-4-9-23-29/h2-12,17H,13-16H2,1H3. The van der Waals surface area contributed by atoms with Crippen molar-refractivity contribution in [3.8, 4) is 11.5 Å². The van der Waals surface area contributed by atoms with Crippen molar-refractivity contribution in [1.82, 2.24) is 28.6 Å². The van der Waals surface area contributed by atoms with Crippen LogP contribution in [0.3, 0.4) is 0 Å². The summed E-state index contributed by atoms with van der Waals surface area (Å²) in [6.45, 7) is 3.78. The average Bonchev–Trinajstić information content (AvgIpc) is 3.53. The van der Waals surface area contributed by atoms with Gasteiger partial charge in [0.2, 0.25) is 10.0 Å². The van der Waals surface area contributed by atoms with Crippen molar-refractivity contribution in [2.75, 3.05) is 31.1 Å². The number of aryl methyl sites for hydroxylation is 1. The Labute approximate surface area is 186 Å². The number of rotatable bonds is 5. The maximum Gasteiger partial charge on any atom is 0.243 e. The average molecular weight is 450 g/mol. The molecular formula is C22H23N7O2S. The van der Waals surface area contributed by atoms with E-state index in [4.69, 9.17) is 0 Å². The van der Waals surface area contributed by atoms with Crippen LogP contribution in [-0.2, 0) is 10.0 Å². The van der Waals surface area contributed by atoms with E-state index in [0.717, 1.165) is 17.3 Å². The van der Waals surface area contributed by atoms with Crippen LogP contribution in [0, 0.1) is 6.92 Å². The molecule has 0 saturated carbocycles. The first-order chi connectivity index (χ1) is 15.5. The highest BCUT2D eigenvalue weighted by Crippen LogP contribution is 2.22. The normalized spacial score (nSPS) is 15.2. The lowest BCUT2D eigenvalue weighted by atomic mass is 10.3. The largest absolute Gasteiger partial charge is 0.354 e. The third-order valence-corrected chi connectivity index (χ3v) is 7.40. The van der Waals surface area contributed by atoms with E-state index >= 15 is 0 Å². The Balaban J connectivity index is 1.30. The molecule has 32 heavy (non-hydrogen) atoms. The lowest BCUT2D eigenvalue weighted by Gasteiger charge is -2.34. The van der Waals surface area contributed by atoms with Crippen LogP contribution in [0.2, 0.25) is 0 Å². The fraction of sp³-hybridized carbons (Fsp3) is 0.227. The first kappa shape index (κ1) is 20.4. The van der Waals surface area contributed by atoms with Gasteiger partial charge in [-0.3, -0.25) is 0 Å². The summed E-state index contributed by atoms with van der Waals surface area (Å²) in [5.41, 5.74) is 0.816. The SMILES string of the molecule is Cc1nc(N2CCN(S(=O)(=O)c3ccc(-n4cccn4)cc3)CC2)cc(-n2cccc2)n1. The third kappa shape index (κ3) is 3.90. The Hall–Kier alpha value is -3.50. The third-order valence-electron chi connectivity index (χ3n) is 5.49. The summed E-state index contributed by atoms with van der Waals surface area (Å²) in [6, 6.07) is 14.5. The Kier molecular flexibility index (Phi) is 5.24. The molecule has 0 amide bonds. The summed E-state index contributed by atoms with van der Waals surface area (Å²) in [5.74, 6) is 2.28. The predicted octanol–water partition coefficient (Wildman–Crippen LogP) is 2.27. The number of nitrogens with zero attached hydrogens (tertiary/aromatic N) is 7. The zero-order chi connectivity index (χ0) is 22.1. The van der Waals surface area contributed by atoms with Gasteiger partial charge in [-0.25, -0.2) is 23.1 Å². The quantitative estimate of drug-likeness (QED) is 0.464. The molecule has 0 spiro atoms. The predicted molar refractivity (Wildman–Crippen MR) is 121 cm³/mol. The van der Waals surface area contributed by atoms with Gasteiger partial charge in [-0.1, -0.05) is 0 Å². The number of aromatic nitrogens is 5. The van der Waals surface area contributed by atoms with E-state index in [-0.39, 0.29) is 4.90 Å². The van der Waals surface area contributed by atoms with Crippen molar-refractivity contribution in [1.29, 1.82) is 0 Å². The number of benzene rings is 1. The molecule has 0 unspecified atom stereocenters. The smallest absolute Gasteiger partial charge is 0.243 e. The van der Waals surface area contributed by atoms with Crippen LogP contribution in [0.1, 0.15) is 5.82 Å². The highest BCUT2D eigenvalue weighted by molar-refractivity contribution is 7.89. The summed E-state index contributed by atoms with van der Waals surface area (Å²) in [5, 5.41) is 4.17. The molecule has 5 rings (SSSR count). The Morgan fingerprint density at radius 3 is 2.19 bits per heavy atom. The molecule has 3 aromatic heterocycles. The number of hydrogen-bond donors (Lipinski definition) is 0. The molecule has 1 aliphatic rings. The van der Waals surface area contributed by atoms with Crippen molar-refractivity contribution >= 4 is 15.8 Å². The fourth-order valence-electron chi connectivity index (χ4n) is 3.82. The fourth-order valence-corrected chi connectivity index (χ4v) is 5.24. The van der Waals surface area contributed by atoms with E-state index in [1.807, 2.05) is 54.3 Å². The molecule has 1 saturated heterocycles. The van der Waals surface area contributed by atoms with E-state index < -0.39 is 10.0 Å². The highest BCUT2D eigenvalue weighted by Gasteiger charge is 2.29. The van der Waals surface area contributed by atoms with Crippen LogP contribution in [0.15, 0.2) is 78.2 Å². The highest BCUT2D eigenvalue weighted by atomic mass is 32.2.